The molecule has 6 heteroatoms. The quantitative estimate of drug-likeness (QED) is 0.867. The van der Waals surface area contributed by atoms with Gasteiger partial charge in [0.15, 0.2) is 16.7 Å². The fourth-order valence-electron chi connectivity index (χ4n) is 1.53. The van der Waals surface area contributed by atoms with Gasteiger partial charge in [-0.2, -0.15) is 0 Å². The summed E-state index contributed by atoms with van der Waals surface area (Å²) in [7, 11) is 1.45. The van der Waals surface area contributed by atoms with Crippen molar-refractivity contribution in [2.45, 2.75) is 6.92 Å². The zero-order chi connectivity index (χ0) is 13.1. The highest BCUT2D eigenvalue weighted by Crippen LogP contribution is 2.32. The van der Waals surface area contributed by atoms with Crippen molar-refractivity contribution < 1.29 is 9.13 Å². The van der Waals surface area contributed by atoms with E-state index in [1.54, 1.807) is 19.1 Å². The summed E-state index contributed by atoms with van der Waals surface area (Å²) in [5, 5.41) is 3.04. The molecule has 2 aromatic rings. The number of nitrogens with one attached hydrogen (secondary N) is 1. The molecule has 0 aliphatic rings. The highest BCUT2D eigenvalue weighted by atomic mass is 35.5. The van der Waals surface area contributed by atoms with Gasteiger partial charge >= 0.3 is 0 Å². The molecule has 0 aliphatic carbocycles. The monoisotopic (exact) mass is 267 g/mol. The number of hydrogen-bond acceptors (Lipinski definition) is 4. The van der Waals surface area contributed by atoms with Gasteiger partial charge in [0.25, 0.3) is 0 Å². The number of halogens is 2. The summed E-state index contributed by atoms with van der Waals surface area (Å²) in [5.74, 6) is 0.235. The minimum absolute atomic E-state index is 0.170. The van der Waals surface area contributed by atoms with Crippen LogP contribution in [0.2, 0.25) is 5.15 Å². The van der Waals surface area contributed by atoms with E-state index in [1.165, 1.54) is 19.5 Å². The summed E-state index contributed by atoms with van der Waals surface area (Å²) in [6.45, 7) is 1.79. The molecular formula is C12H11ClFN3O. The van der Waals surface area contributed by atoms with E-state index in [0.29, 0.717) is 11.5 Å². The highest BCUT2D eigenvalue weighted by molar-refractivity contribution is 6.31. The van der Waals surface area contributed by atoms with E-state index in [2.05, 4.69) is 15.3 Å². The maximum Gasteiger partial charge on any atom is 0.199 e. The zero-order valence-electron chi connectivity index (χ0n) is 9.87. The van der Waals surface area contributed by atoms with E-state index in [4.69, 9.17) is 16.3 Å². The number of para-hydroxylation sites is 1. The maximum absolute atomic E-state index is 13.7. The Balaban J connectivity index is 2.43. The van der Waals surface area contributed by atoms with Crippen molar-refractivity contribution in [1.82, 2.24) is 9.97 Å². The maximum atomic E-state index is 13.7. The molecule has 0 unspecified atom stereocenters. The van der Waals surface area contributed by atoms with Gasteiger partial charge in [-0.3, -0.25) is 0 Å². The Morgan fingerprint density at radius 1 is 1.33 bits per heavy atom. The van der Waals surface area contributed by atoms with Gasteiger partial charge in [0.2, 0.25) is 0 Å². The Hall–Kier alpha value is -1.88. The first-order chi connectivity index (χ1) is 8.63. The molecule has 0 amide bonds. The third-order valence-corrected chi connectivity index (χ3v) is 2.70. The molecule has 1 N–H and O–H groups in total. The topological polar surface area (TPSA) is 47.0 Å². The van der Waals surface area contributed by atoms with Gasteiger partial charge in [-0.15, -0.1) is 0 Å². The summed E-state index contributed by atoms with van der Waals surface area (Å²) in [6, 6.07) is 4.80. The fraction of sp³-hybridized carbons (Fsp3) is 0.167. The van der Waals surface area contributed by atoms with Gasteiger partial charge in [-0.05, 0) is 18.6 Å². The summed E-state index contributed by atoms with van der Waals surface area (Å²) in [5.41, 5.74) is 1.09. The van der Waals surface area contributed by atoms with Crippen molar-refractivity contribution in [3.63, 3.8) is 0 Å². The molecule has 0 saturated carbocycles. The van der Waals surface area contributed by atoms with Gasteiger partial charge < -0.3 is 10.1 Å². The first kappa shape index (κ1) is 12.6. The summed E-state index contributed by atoms with van der Waals surface area (Å²) >= 11 is 5.87. The van der Waals surface area contributed by atoms with Crippen LogP contribution in [0.5, 0.6) is 5.75 Å². The van der Waals surface area contributed by atoms with Crippen molar-refractivity contribution in [3.05, 3.63) is 41.1 Å². The van der Waals surface area contributed by atoms with E-state index in [1.807, 2.05) is 0 Å². The van der Waals surface area contributed by atoms with Gasteiger partial charge in [0, 0.05) is 0 Å². The zero-order valence-corrected chi connectivity index (χ0v) is 10.6. The third kappa shape index (κ3) is 2.36. The molecule has 1 aromatic heterocycles. The number of aromatic nitrogens is 2. The lowest BCUT2D eigenvalue weighted by Crippen LogP contribution is -2.02. The molecule has 0 atom stereocenters. The van der Waals surface area contributed by atoms with Crippen LogP contribution in [0.1, 0.15) is 5.56 Å². The largest absolute Gasteiger partial charge is 0.490 e. The van der Waals surface area contributed by atoms with Crippen LogP contribution in [0.4, 0.5) is 15.9 Å². The number of aryl methyl sites for hydroxylation is 1. The molecule has 4 nitrogen and oxygen atoms in total. The lowest BCUT2D eigenvalue weighted by atomic mass is 10.2. The van der Waals surface area contributed by atoms with Crippen molar-refractivity contribution in [1.29, 1.82) is 0 Å². The van der Waals surface area contributed by atoms with Crippen LogP contribution in [-0.4, -0.2) is 17.1 Å². The average molecular weight is 268 g/mol. The minimum Gasteiger partial charge on any atom is -0.490 e. The molecular weight excluding hydrogens is 257 g/mol. The number of rotatable bonds is 3. The molecule has 18 heavy (non-hydrogen) atoms. The fourth-order valence-corrected chi connectivity index (χ4v) is 1.74. The average Bonchev–Trinajstić information content (AvgIpc) is 2.34. The van der Waals surface area contributed by atoms with Crippen LogP contribution < -0.4 is 10.1 Å². The number of ether oxygens (including phenoxy) is 1. The van der Waals surface area contributed by atoms with Crippen LogP contribution in [0.25, 0.3) is 0 Å². The van der Waals surface area contributed by atoms with E-state index < -0.39 is 0 Å². The van der Waals surface area contributed by atoms with E-state index in [9.17, 15) is 4.39 Å². The predicted octanol–water partition coefficient (Wildman–Crippen LogP) is 3.33. The number of anilines is 2. The SMILES string of the molecule is COc1c(Cl)ncnc1Nc1c(C)cccc1F. The van der Waals surface area contributed by atoms with Gasteiger partial charge in [0.05, 0.1) is 12.8 Å². The molecule has 0 bridgehead atoms. The van der Waals surface area contributed by atoms with Crippen molar-refractivity contribution in [2.24, 2.45) is 0 Å². The van der Waals surface area contributed by atoms with Crippen LogP contribution >= 0.6 is 11.6 Å². The van der Waals surface area contributed by atoms with Crippen molar-refractivity contribution in [3.8, 4) is 5.75 Å². The lowest BCUT2D eigenvalue weighted by molar-refractivity contribution is 0.413. The molecule has 0 saturated heterocycles. The normalized spacial score (nSPS) is 10.2. The molecule has 94 valence electrons. The number of benzene rings is 1. The molecule has 1 heterocycles. The standard InChI is InChI=1S/C12H11ClFN3O/c1-7-4-3-5-8(14)9(7)17-12-10(18-2)11(13)15-6-16-12/h3-6H,1-2H3,(H,15,16,17). The number of nitrogens with zero attached hydrogens (tertiary/aromatic N) is 2. The Bertz CT molecular complexity index is 557. The first-order valence-corrected chi connectivity index (χ1v) is 5.58. The molecule has 0 fully saturated rings. The predicted molar refractivity (Wildman–Crippen MR) is 68.0 cm³/mol. The van der Waals surface area contributed by atoms with Crippen molar-refractivity contribution >= 4 is 23.1 Å². The van der Waals surface area contributed by atoms with Gasteiger partial charge in [-0.1, -0.05) is 23.7 Å². The Labute approximate surface area is 109 Å². The second-order valence-electron chi connectivity index (χ2n) is 3.60. The van der Waals surface area contributed by atoms with Crippen LogP contribution in [-0.2, 0) is 0 Å². The molecule has 0 radical (unpaired) electrons. The molecule has 0 aliphatic heterocycles. The molecule has 2 rings (SSSR count). The van der Waals surface area contributed by atoms with E-state index in [0.717, 1.165) is 5.56 Å². The smallest absolute Gasteiger partial charge is 0.199 e. The van der Waals surface area contributed by atoms with Gasteiger partial charge in [-0.25, -0.2) is 14.4 Å². The number of hydrogen-bond donors (Lipinski definition) is 1. The van der Waals surface area contributed by atoms with Crippen LogP contribution in [0, 0.1) is 12.7 Å². The van der Waals surface area contributed by atoms with Gasteiger partial charge in [0.1, 0.15) is 12.1 Å². The summed E-state index contributed by atoms with van der Waals surface area (Å²) in [4.78, 5) is 7.78. The Morgan fingerprint density at radius 3 is 2.78 bits per heavy atom. The highest BCUT2D eigenvalue weighted by Gasteiger charge is 2.13. The molecule has 0 spiro atoms. The Morgan fingerprint density at radius 2 is 2.11 bits per heavy atom. The summed E-state index contributed by atoms with van der Waals surface area (Å²) < 4.78 is 18.8. The van der Waals surface area contributed by atoms with E-state index in [-0.39, 0.29) is 16.7 Å². The lowest BCUT2D eigenvalue weighted by Gasteiger charge is -2.12. The third-order valence-electron chi connectivity index (χ3n) is 2.43. The van der Waals surface area contributed by atoms with E-state index >= 15 is 0 Å². The van der Waals surface area contributed by atoms with Crippen LogP contribution in [0.3, 0.4) is 0 Å². The van der Waals surface area contributed by atoms with Crippen LogP contribution in [0.15, 0.2) is 24.5 Å². The number of methoxy groups -OCH3 is 1. The second-order valence-corrected chi connectivity index (χ2v) is 3.96. The second kappa shape index (κ2) is 5.18. The Kier molecular flexibility index (Phi) is 3.62. The molecule has 1 aromatic carbocycles. The van der Waals surface area contributed by atoms with Crippen molar-refractivity contribution in [2.75, 3.05) is 12.4 Å². The minimum atomic E-state index is -0.369. The first-order valence-electron chi connectivity index (χ1n) is 5.20. The summed E-state index contributed by atoms with van der Waals surface area (Å²) in [6.07, 6.45) is 1.28.